The van der Waals surface area contributed by atoms with Gasteiger partial charge in [0.05, 0.1) is 0 Å². The molecule has 42 heavy (non-hydrogen) atoms. The first kappa shape index (κ1) is 30.2. The van der Waals surface area contributed by atoms with Crippen molar-refractivity contribution in [2.45, 2.75) is 77.6 Å². The Morgan fingerprint density at radius 1 is 0.786 bits per heavy atom. The molecule has 0 radical (unpaired) electrons. The van der Waals surface area contributed by atoms with Crippen LogP contribution in [0, 0.1) is 35.2 Å². The van der Waals surface area contributed by atoms with Crippen molar-refractivity contribution in [2.75, 3.05) is 6.61 Å². The van der Waals surface area contributed by atoms with Crippen LogP contribution in [-0.2, 0) is 0 Å². The molecule has 3 aromatic rings. The molecule has 2 aliphatic carbocycles. The highest BCUT2D eigenvalue weighted by Crippen LogP contribution is 2.42. The molecule has 5 rings (SSSR count). The Morgan fingerprint density at radius 2 is 1.48 bits per heavy atom. The first-order valence-corrected chi connectivity index (χ1v) is 15.8. The zero-order chi connectivity index (χ0) is 29.5. The molecular weight excluding hydrogens is 529 g/mol. The first-order valence-electron chi connectivity index (χ1n) is 15.8. The van der Waals surface area contributed by atoms with E-state index in [-0.39, 0.29) is 23.7 Å². The zero-order valence-electron chi connectivity index (χ0n) is 24.8. The lowest BCUT2D eigenvalue weighted by Crippen LogP contribution is -2.23. The van der Waals surface area contributed by atoms with Crippen LogP contribution in [0.4, 0.5) is 13.2 Å². The Kier molecular flexibility index (Phi) is 10.3. The minimum Gasteiger partial charge on any atom is -0.486 e. The molecule has 1 atom stereocenters. The van der Waals surface area contributed by atoms with Gasteiger partial charge in [0.2, 0.25) is 5.82 Å². The fourth-order valence-corrected chi connectivity index (χ4v) is 6.97. The monoisotopic (exact) mass is 572 g/mol. The van der Waals surface area contributed by atoms with E-state index < -0.39 is 11.6 Å². The summed E-state index contributed by atoms with van der Waals surface area (Å²) >= 11 is 0. The van der Waals surface area contributed by atoms with Crippen molar-refractivity contribution in [1.82, 2.24) is 0 Å². The van der Waals surface area contributed by atoms with Crippen LogP contribution in [0.2, 0.25) is 0 Å². The van der Waals surface area contributed by atoms with Crippen LogP contribution in [0.1, 0.15) is 83.1 Å². The second-order valence-corrected chi connectivity index (χ2v) is 12.2. The van der Waals surface area contributed by atoms with Gasteiger partial charge in [-0.3, -0.25) is 0 Å². The van der Waals surface area contributed by atoms with E-state index >= 15 is 4.39 Å². The molecule has 0 spiro atoms. The highest BCUT2D eigenvalue weighted by molar-refractivity contribution is 5.74. The summed E-state index contributed by atoms with van der Waals surface area (Å²) in [6, 6.07) is 15.3. The van der Waals surface area contributed by atoms with Crippen LogP contribution in [0.3, 0.4) is 0 Å². The van der Waals surface area contributed by atoms with Gasteiger partial charge >= 0.3 is 0 Å². The van der Waals surface area contributed by atoms with Gasteiger partial charge < -0.3 is 4.74 Å². The number of hydrogen-bond donors (Lipinski definition) is 0. The van der Waals surface area contributed by atoms with Crippen LogP contribution in [0.25, 0.3) is 27.8 Å². The summed E-state index contributed by atoms with van der Waals surface area (Å²) in [6.45, 7) is 5.89. The number of benzene rings is 3. The molecule has 3 aromatic carbocycles. The summed E-state index contributed by atoms with van der Waals surface area (Å²) in [5, 5.41) is 0. The second-order valence-electron chi connectivity index (χ2n) is 12.2. The predicted molar refractivity (Wildman–Crippen MR) is 168 cm³/mol. The summed E-state index contributed by atoms with van der Waals surface area (Å²) < 4.78 is 49.7. The summed E-state index contributed by atoms with van der Waals surface area (Å²) in [7, 11) is 0. The average molecular weight is 573 g/mol. The van der Waals surface area contributed by atoms with Crippen molar-refractivity contribution in [2.24, 2.45) is 17.8 Å². The third kappa shape index (κ3) is 7.02. The van der Waals surface area contributed by atoms with Crippen molar-refractivity contribution in [3.05, 3.63) is 96.3 Å². The Morgan fingerprint density at radius 3 is 2.12 bits per heavy atom. The van der Waals surface area contributed by atoms with Crippen molar-refractivity contribution in [3.63, 3.8) is 0 Å². The number of ether oxygens (including phenoxy) is 1. The first-order chi connectivity index (χ1) is 20.5. The summed E-state index contributed by atoms with van der Waals surface area (Å²) in [4.78, 5) is 0. The summed E-state index contributed by atoms with van der Waals surface area (Å²) in [6.07, 6.45) is 18.2. The lowest BCUT2D eigenvalue weighted by atomic mass is 9.70. The van der Waals surface area contributed by atoms with E-state index in [1.165, 1.54) is 81.6 Å². The maximum absolute atomic E-state index is 15.3. The van der Waals surface area contributed by atoms with Gasteiger partial charge in [0.25, 0.3) is 0 Å². The number of rotatable bonds is 11. The Labute approximate surface area is 249 Å². The zero-order valence-corrected chi connectivity index (χ0v) is 24.8. The minimum atomic E-state index is -1.03. The van der Waals surface area contributed by atoms with Crippen LogP contribution < -0.4 is 4.74 Å². The van der Waals surface area contributed by atoms with E-state index in [1.54, 1.807) is 30.3 Å². The molecule has 1 saturated carbocycles. The molecule has 0 heterocycles. The fraction of sp³-hybridized carbons (Fsp3) is 0.421. The molecule has 4 heteroatoms. The molecule has 1 unspecified atom stereocenters. The number of unbranched alkanes of at least 4 members (excludes halogenated alkanes) is 2. The van der Waals surface area contributed by atoms with Gasteiger partial charge in [0.1, 0.15) is 12.4 Å². The average Bonchev–Trinajstić information content (AvgIpc) is 3.02. The summed E-state index contributed by atoms with van der Waals surface area (Å²) in [5.74, 6) is 0.123. The smallest absolute Gasteiger partial charge is 0.201 e. The van der Waals surface area contributed by atoms with E-state index in [0.29, 0.717) is 16.7 Å². The lowest BCUT2D eigenvalue weighted by molar-refractivity contribution is 0.187. The van der Waals surface area contributed by atoms with Crippen LogP contribution in [-0.4, -0.2) is 6.61 Å². The van der Waals surface area contributed by atoms with Gasteiger partial charge in [-0.25, -0.2) is 8.78 Å². The van der Waals surface area contributed by atoms with Gasteiger partial charge in [-0.2, -0.15) is 4.39 Å². The van der Waals surface area contributed by atoms with Crippen LogP contribution in [0.5, 0.6) is 5.75 Å². The Balaban J connectivity index is 1.21. The van der Waals surface area contributed by atoms with E-state index in [2.05, 4.69) is 19.6 Å². The molecule has 0 aliphatic heterocycles. The van der Waals surface area contributed by atoms with Crippen LogP contribution >= 0.6 is 0 Å². The van der Waals surface area contributed by atoms with Gasteiger partial charge in [0, 0.05) is 11.1 Å². The molecule has 1 nitrogen and oxygen atoms in total. The van der Waals surface area contributed by atoms with Crippen molar-refractivity contribution in [1.29, 1.82) is 0 Å². The van der Waals surface area contributed by atoms with Crippen LogP contribution in [0.15, 0.2) is 73.3 Å². The standard InChI is InChI=1S/C38H43F3O/c1-3-5-6-7-26-8-10-27(11-9-26)28-12-14-29(15-13-28)32-20-21-33(35(39)25-32)30-16-18-31(19-17-30)34-22-23-36(42-24-4-2)38(41)37(34)40/h4,14,16-23,25-28H,2-3,5-13,15,24H2,1H3. The third-order valence-corrected chi connectivity index (χ3v) is 9.48. The molecule has 222 valence electrons. The quantitative estimate of drug-likeness (QED) is 0.164. The molecular formula is C38H43F3O. The molecule has 0 N–H and O–H groups in total. The predicted octanol–water partition coefficient (Wildman–Crippen LogP) is 11.6. The van der Waals surface area contributed by atoms with E-state index in [9.17, 15) is 8.78 Å². The second kappa shape index (κ2) is 14.3. The van der Waals surface area contributed by atoms with Gasteiger partial charge in [-0.15, -0.1) is 0 Å². The molecule has 0 bridgehead atoms. The molecule has 0 saturated heterocycles. The molecule has 0 aromatic heterocycles. The van der Waals surface area contributed by atoms with E-state index in [0.717, 1.165) is 36.2 Å². The van der Waals surface area contributed by atoms with Gasteiger partial charge in [0.15, 0.2) is 11.6 Å². The van der Waals surface area contributed by atoms with Crippen molar-refractivity contribution < 1.29 is 17.9 Å². The third-order valence-electron chi connectivity index (χ3n) is 9.48. The Hall–Kier alpha value is -3.27. The Bertz CT molecular complexity index is 1380. The maximum Gasteiger partial charge on any atom is 0.201 e. The molecule has 1 fully saturated rings. The van der Waals surface area contributed by atoms with Crippen molar-refractivity contribution in [3.8, 4) is 28.0 Å². The minimum absolute atomic E-state index is 0.0900. The topological polar surface area (TPSA) is 9.23 Å². The number of hydrogen-bond acceptors (Lipinski definition) is 1. The highest BCUT2D eigenvalue weighted by Gasteiger charge is 2.28. The maximum atomic E-state index is 15.3. The van der Waals surface area contributed by atoms with E-state index in [4.69, 9.17) is 4.74 Å². The normalized spacial score (nSPS) is 20.7. The van der Waals surface area contributed by atoms with E-state index in [1.807, 2.05) is 12.1 Å². The number of halogens is 3. The van der Waals surface area contributed by atoms with Crippen molar-refractivity contribution >= 4 is 5.57 Å². The largest absolute Gasteiger partial charge is 0.486 e. The molecule has 0 amide bonds. The highest BCUT2D eigenvalue weighted by atomic mass is 19.2. The van der Waals surface area contributed by atoms with Gasteiger partial charge in [-0.1, -0.05) is 101 Å². The summed E-state index contributed by atoms with van der Waals surface area (Å²) in [5.41, 5.74) is 4.03. The number of allylic oxidation sites excluding steroid dienone is 2. The lowest BCUT2D eigenvalue weighted by Gasteiger charge is -2.35. The van der Waals surface area contributed by atoms with Gasteiger partial charge in [-0.05, 0) is 90.3 Å². The molecule has 2 aliphatic rings. The SMILES string of the molecule is C=CCOc1ccc(-c2ccc(-c3ccc(C4=CCC(C5CCC(CCCCC)CC5)CC4)cc3F)cc2)c(F)c1F. The fourth-order valence-electron chi connectivity index (χ4n) is 6.97.